The number of nitrogens with one attached hydrogen (secondary N) is 1. The summed E-state index contributed by atoms with van der Waals surface area (Å²) in [5, 5.41) is 41.4. The van der Waals surface area contributed by atoms with Gasteiger partial charge in [-0.3, -0.25) is 4.79 Å². The molecule has 5 N–H and O–H groups in total. The molecule has 1 heterocycles. The molecule has 0 spiro atoms. The fourth-order valence-electron chi connectivity index (χ4n) is 2.28. The van der Waals surface area contributed by atoms with Crippen LogP contribution in [0.5, 0.6) is 0 Å². The van der Waals surface area contributed by atoms with Crippen LogP contribution in [0.4, 0.5) is 0 Å². The van der Waals surface area contributed by atoms with Crippen LogP contribution in [0, 0.1) is 5.92 Å². The molecule has 0 aromatic rings. The second-order valence-electron chi connectivity index (χ2n) is 5.73. The van der Waals surface area contributed by atoms with Gasteiger partial charge in [-0.15, -0.1) is 0 Å². The van der Waals surface area contributed by atoms with E-state index in [1.807, 2.05) is 6.92 Å². The highest BCUT2D eigenvalue weighted by atomic mass is 16.5. The van der Waals surface area contributed by atoms with E-state index in [4.69, 9.17) is 9.84 Å². The Kier molecular flexibility index (Phi) is 7.47. The van der Waals surface area contributed by atoms with Gasteiger partial charge in [0, 0.05) is 18.9 Å². The van der Waals surface area contributed by atoms with Crippen molar-refractivity contribution >= 4 is 11.9 Å². The average molecular weight is 331 g/mol. The molecule has 8 heteroatoms. The highest BCUT2D eigenvalue weighted by molar-refractivity contribution is 5.84. The summed E-state index contributed by atoms with van der Waals surface area (Å²) in [6, 6.07) is 0. The van der Waals surface area contributed by atoms with Gasteiger partial charge in [-0.2, -0.15) is 0 Å². The Labute approximate surface area is 134 Å². The van der Waals surface area contributed by atoms with Crippen molar-refractivity contribution in [3.63, 3.8) is 0 Å². The predicted molar refractivity (Wildman–Crippen MR) is 80.3 cm³/mol. The Morgan fingerprint density at radius 1 is 1.39 bits per heavy atom. The van der Waals surface area contributed by atoms with Crippen LogP contribution in [0.25, 0.3) is 0 Å². The van der Waals surface area contributed by atoms with Crippen molar-refractivity contribution in [3.05, 3.63) is 11.8 Å². The predicted octanol–water partition coefficient (Wildman–Crippen LogP) is -0.621. The van der Waals surface area contributed by atoms with Gasteiger partial charge in [-0.1, -0.05) is 20.3 Å². The number of amides is 1. The molecule has 1 aliphatic heterocycles. The maximum absolute atomic E-state index is 11.5. The van der Waals surface area contributed by atoms with Gasteiger partial charge >= 0.3 is 5.97 Å². The number of carbonyl (C=O) groups excluding carboxylic acids is 1. The highest BCUT2D eigenvalue weighted by Gasteiger charge is 2.40. The van der Waals surface area contributed by atoms with Crippen molar-refractivity contribution in [1.29, 1.82) is 0 Å². The molecule has 132 valence electrons. The minimum atomic E-state index is -1.45. The smallest absolute Gasteiger partial charge is 0.370 e. The maximum Gasteiger partial charge on any atom is 0.370 e. The summed E-state index contributed by atoms with van der Waals surface area (Å²) >= 11 is 0. The van der Waals surface area contributed by atoms with E-state index in [0.717, 1.165) is 18.9 Å². The fraction of sp³-hybridized carbons (Fsp3) is 0.733. The van der Waals surface area contributed by atoms with E-state index in [2.05, 4.69) is 5.32 Å². The first-order valence-electron chi connectivity index (χ1n) is 7.70. The summed E-state index contributed by atoms with van der Waals surface area (Å²) in [6.45, 7) is 3.34. The van der Waals surface area contributed by atoms with Gasteiger partial charge in [0.15, 0.2) is 0 Å². The van der Waals surface area contributed by atoms with Crippen LogP contribution in [0.15, 0.2) is 11.8 Å². The maximum atomic E-state index is 11.5. The Morgan fingerprint density at radius 3 is 2.61 bits per heavy atom. The van der Waals surface area contributed by atoms with Crippen molar-refractivity contribution in [2.45, 2.75) is 57.5 Å². The van der Waals surface area contributed by atoms with E-state index < -0.39 is 42.1 Å². The zero-order valence-corrected chi connectivity index (χ0v) is 13.3. The Hall–Kier alpha value is -1.64. The SMILES string of the molecule is CCCCC(=O)NCC(O)C(O)C1OC(C(=O)O)=C[C@@H](O)[C@H]1C. The molecule has 0 aromatic heterocycles. The normalized spacial score (nSPS) is 26.7. The molecule has 0 bridgehead atoms. The number of aliphatic hydroxyl groups is 3. The number of hydrogen-bond acceptors (Lipinski definition) is 6. The standard InChI is InChI=1S/C15H25NO7/c1-3-4-5-12(19)16-7-10(18)13(20)14-8(2)9(17)6-11(23-14)15(21)22/h6,8-10,13-14,17-18,20H,3-5,7H2,1-2H3,(H,16,19)(H,21,22)/t8-,9-,10?,13?,14?/m1/s1. The van der Waals surface area contributed by atoms with E-state index in [9.17, 15) is 24.9 Å². The fourth-order valence-corrected chi connectivity index (χ4v) is 2.28. The number of carboxylic acid groups (broad SMARTS) is 1. The summed E-state index contributed by atoms with van der Waals surface area (Å²) in [5.74, 6) is -2.69. The van der Waals surface area contributed by atoms with Gasteiger partial charge in [0.25, 0.3) is 0 Å². The summed E-state index contributed by atoms with van der Waals surface area (Å²) in [4.78, 5) is 22.5. The number of aliphatic hydroxyl groups excluding tert-OH is 3. The largest absolute Gasteiger partial charge is 0.480 e. The second kappa shape index (κ2) is 8.85. The van der Waals surface area contributed by atoms with E-state index >= 15 is 0 Å². The monoisotopic (exact) mass is 331 g/mol. The van der Waals surface area contributed by atoms with E-state index in [1.165, 1.54) is 0 Å². The van der Waals surface area contributed by atoms with Gasteiger partial charge in [0.2, 0.25) is 11.7 Å². The lowest BCUT2D eigenvalue weighted by Gasteiger charge is -2.36. The zero-order chi connectivity index (χ0) is 17.6. The molecule has 1 rings (SSSR count). The summed E-state index contributed by atoms with van der Waals surface area (Å²) < 4.78 is 5.16. The first-order valence-corrected chi connectivity index (χ1v) is 7.70. The minimum Gasteiger partial charge on any atom is -0.480 e. The first kappa shape index (κ1) is 19.4. The van der Waals surface area contributed by atoms with Crippen molar-refractivity contribution in [2.75, 3.05) is 6.54 Å². The summed E-state index contributed by atoms with van der Waals surface area (Å²) in [5.41, 5.74) is 0. The second-order valence-corrected chi connectivity index (χ2v) is 5.73. The van der Waals surface area contributed by atoms with Gasteiger partial charge in [0.05, 0.1) is 6.10 Å². The number of hydrogen-bond donors (Lipinski definition) is 5. The minimum absolute atomic E-state index is 0.182. The lowest BCUT2D eigenvalue weighted by atomic mass is 9.89. The van der Waals surface area contributed by atoms with Crippen LogP contribution in [-0.2, 0) is 14.3 Å². The Balaban J connectivity index is 2.61. The summed E-state index contributed by atoms with van der Waals surface area (Å²) in [7, 11) is 0. The molecule has 1 amide bonds. The molecule has 0 saturated heterocycles. The Bertz CT molecular complexity index is 451. The van der Waals surface area contributed by atoms with Crippen LogP contribution < -0.4 is 5.32 Å². The third-order valence-corrected chi connectivity index (χ3v) is 3.85. The average Bonchev–Trinajstić information content (AvgIpc) is 2.51. The van der Waals surface area contributed by atoms with Crippen LogP contribution >= 0.6 is 0 Å². The molecule has 0 saturated carbocycles. The number of rotatable bonds is 8. The van der Waals surface area contributed by atoms with E-state index in [-0.39, 0.29) is 12.5 Å². The van der Waals surface area contributed by atoms with E-state index in [0.29, 0.717) is 6.42 Å². The summed E-state index contributed by atoms with van der Waals surface area (Å²) in [6.07, 6.45) is -2.01. The van der Waals surface area contributed by atoms with Gasteiger partial charge < -0.3 is 30.5 Å². The highest BCUT2D eigenvalue weighted by Crippen LogP contribution is 2.27. The molecule has 0 radical (unpaired) electrons. The number of unbranched alkanes of at least 4 members (excludes halogenated alkanes) is 1. The number of ether oxygens (including phenoxy) is 1. The van der Waals surface area contributed by atoms with Crippen molar-refractivity contribution in [2.24, 2.45) is 5.92 Å². The van der Waals surface area contributed by atoms with E-state index in [1.54, 1.807) is 6.92 Å². The molecule has 0 fully saturated rings. The molecule has 1 aliphatic rings. The molecule has 5 atom stereocenters. The molecule has 0 aromatic carbocycles. The van der Waals surface area contributed by atoms with Gasteiger partial charge in [-0.25, -0.2) is 4.79 Å². The number of aliphatic carboxylic acids is 1. The molecule has 0 aliphatic carbocycles. The van der Waals surface area contributed by atoms with Crippen LogP contribution in [0.1, 0.15) is 33.1 Å². The quantitative estimate of drug-likeness (QED) is 0.400. The van der Waals surface area contributed by atoms with Crippen LogP contribution in [0.2, 0.25) is 0 Å². The lowest BCUT2D eigenvalue weighted by Crippen LogP contribution is -2.51. The molecule has 3 unspecified atom stereocenters. The van der Waals surface area contributed by atoms with Crippen LogP contribution in [0.3, 0.4) is 0 Å². The lowest BCUT2D eigenvalue weighted by molar-refractivity contribution is -0.149. The zero-order valence-electron chi connectivity index (χ0n) is 13.3. The van der Waals surface area contributed by atoms with Crippen molar-refractivity contribution in [3.8, 4) is 0 Å². The third kappa shape index (κ3) is 5.49. The molecule has 8 nitrogen and oxygen atoms in total. The van der Waals surface area contributed by atoms with Crippen molar-refractivity contribution in [1.82, 2.24) is 5.32 Å². The number of carbonyl (C=O) groups is 2. The first-order chi connectivity index (χ1) is 10.8. The molecular weight excluding hydrogens is 306 g/mol. The Morgan fingerprint density at radius 2 is 2.04 bits per heavy atom. The molecule has 23 heavy (non-hydrogen) atoms. The van der Waals surface area contributed by atoms with Crippen LogP contribution in [-0.4, -0.2) is 63.3 Å². The topological polar surface area (TPSA) is 136 Å². The molecular formula is C15H25NO7. The third-order valence-electron chi connectivity index (χ3n) is 3.85. The van der Waals surface area contributed by atoms with Gasteiger partial charge in [0.1, 0.15) is 18.3 Å². The van der Waals surface area contributed by atoms with Gasteiger partial charge in [-0.05, 0) is 12.5 Å². The van der Waals surface area contributed by atoms with Crippen molar-refractivity contribution < 1.29 is 34.8 Å². The number of carboxylic acids is 1.